The standard InChI is InChI=1S/C13H11FN6O/c14-8-3-1-2-4-9(8)19-10(21)5-20-7-18-11-12(15)16-6-17-13(11)20/h1-4,6-7H,5H2,(H,19,21)(H2,15,16,17). The Bertz CT molecular complexity index is 815. The minimum atomic E-state index is -0.493. The first-order valence-electron chi connectivity index (χ1n) is 6.11. The predicted octanol–water partition coefficient (Wildman–Crippen LogP) is 1.19. The van der Waals surface area contributed by atoms with Crippen molar-refractivity contribution in [3.8, 4) is 0 Å². The van der Waals surface area contributed by atoms with Gasteiger partial charge in [0, 0.05) is 0 Å². The number of benzene rings is 1. The molecule has 0 unspecified atom stereocenters. The lowest BCUT2D eigenvalue weighted by Crippen LogP contribution is -2.19. The number of nitrogens with one attached hydrogen (secondary N) is 1. The number of rotatable bonds is 3. The molecule has 0 spiro atoms. The van der Waals surface area contributed by atoms with Gasteiger partial charge in [0.25, 0.3) is 0 Å². The van der Waals surface area contributed by atoms with Crippen molar-refractivity contribution in [3.05, 3.63) is 42.7 Å². The van der Waals surface area contributed by atoms with Crippen LogP contribution in [0.5, 0.6) is 0 Å². The first-order valence-corrected chi connectivity index (χ1v) is 6.11. The minimum absolute atomic E-state index is 0.0543. The van der Waals surface area contributed by atoms with E-state index in [1.54, 1.807) is 12.1 Å². The molecule has 2 heterocycles. The summed E-state index contributed by atoms with van der Waals surface area (Å²) in [5, 5.41) is 2.49. The fourth-order valence-electron chi connectivity index (χ4n) is 1.92. The van der Waals surface area contributed by atoms with Crippen molar-refractivity contribution in [1.29, 1.82) is 0 Å². The molecular formula is C13H11FN6O. The zero-order valence-electron chi connectivity index (χ0n) is 10.8. The lowest BCUT2D eigenvalue weighted by molar-refractivity contribution is -0.116. The van der Waals surface area contributed by atoms with Gasteiger partial charge in [0.2, 0.25) is 5.91 Å². The van der Waals surface area contributed by atoms with Gasteiger partial charge in [-0.3, -0.25) is 4.79 Å². The molecule has 3 rings (SSSR count). The van der Waals surface area contributed by atoms with Crippen LogP contribution < -0.4 is 11.1 Å². The number of amides is 1. The van der Waals surface area contributed by atoms with Gasteiger partial charge < -0.3 is 15.6 Å². The quantitative estimate of drug-likeness (QED) is 0.753. The Morgan fingerprint density at radius 2 is 2.10 bits per heavy atom. The molecule has 1 aromatic carbocycles. The maximum absolute atomic E-state index is 13.5. The molecule has 2 aromatic heterocycles. The Morgan fingerprint density at radius 1 is 1.29 bits per heavy atom. The van der Waals surface area contributed by atoms with Crippen molar-refractivity contribution < 1.29 is 9.18 Å². The molecule has 0 saturated heterocycles. The summed E-state index contributed by atoms with van der Waals surface area (Å²) in [6.07, 6.45) is 2.74. The van der Waals surface area contributed by atoms with E-state index < -0.39 is 11.7 Å². The number of fused-ring (bicyclic) bond motifs is 1. The van der Waals surface area contributed by atoms with Crippen LogP contribution in [0.4, 0.5) is 15.9 Å². The summed E-state index contributed by atoms with van der Waals surface area (Å²) in [5.74, 6) is -0.641. The molecule has 21 heavy (non-hydrogen) atoms. The summed E-state index contributed by atoms with van der Waals surface area (Å²) in [4.78, 5) is 23.9. The van der Waals surface area contributed by atoms with Crippen LogP contribution in [0.1, 0.15) is 0 Å². The number of anilines is 2. The van der Waals surface area contributed by atoms with E-state index in [4.69, 9.17) is 5.73 Å². The largest absolute Gasteiger partial charge is 0.382 e. The lowest BCUT2D eigenvalue weighted by atomic mass is 10.3. The van der Waals surface area contributed by atoms with Crippen molar-refractivity contribution in [3.63, 3.8) is 0 Å². The Hall–Kier alpha value is -3.03. The third-order valence-corrected chi connectivity index (χ3v) is 2.89. The van der Waals surface area contributed by atoms with Gasteiger partial charge in [0.05, 0.1) is 12.0 Å². The molecule has 0 aliphatic carbocycles. The van der Waals surface area contributed by atoms with Crippen molar-refractivity contribution >= 4 is 28.6 Å². The van der Waals surface area contributed by atoms with E-state index >= 15 is 0 Å². The summed E-state index contributed by atoms with van der Waals surface area (Å²) < 4.78 is 15.0. The van der Waals surface area contributed by atoms with Gasteiger partial charge >= 0.3 is 0 Å². The number of para-hydroxylation sites is 1. The Morgan fingerprint density at radius 3 is 2.90 bits per heavy atom. The zero-order valence-corrected chi connectivity index (χ0v) is 10.8. The van der Waals surface area contributed by atoms with Crippen LogP contribution in [-0.4, -0.2) is 25.4 Å². The summed E-state index contributed by atoms with van der Waals surface area (Å²) >= 11 is 0. The number of carbonyl (C=O) groups excluding carboxylic acids is 1. The number of halogens is 1. The predicted molar refractivity (Wildman–Crippen MR) is 74.8 cm³/mol. The van der Waals surface area contributed by atoms with Gasteiger partial charge in [-0.25, -0.2) is 19.3 Å². The molecule has 0 fully saturated rings. The zero-order chi connectivity index (χ0) is 14.8. The highest BCUT2D eigenvalue weighted by Gasteiger charge is 2.12. The molecule has 8 heteroatoms. The minimum Gasteiger partial charge on any atom is -0.382 e. The Labute approximate surface area is 118 Å². The van der Waals surface area contributed by atoms with E-state index in [0.29, 0.717) is 11.2 Å². The fraction of sp³-hybridized carbons (Fsp3) is 0.0769. The van der Waals surface area contributed by atoms with Crippen molar-refractivity contribution in [2.24, 2.45) is 0 Å². The second kappa shape index (κ2) is 5.16. The smallest absolute Gasteiger partial charge is 0.244 e. The van der Waals surface area contributed by atoms with Crippen LogP contribution >= 0.6 is 0 Å². The van der Waals surface area contributed by atoms with E-state index in [-0.39, 0.29) is 18.1 Å². The number of nitrogen functional groups attached to an aromatic ring is 1. The first kappa shape index (κ1) is 13.0. The van der Waals surface area contributed by atoms with Gasteiger partial charge in [-0.15, -0.1) is 0 Å². The summed E-state index contributed by atoms with van der Waals surface area (Å²) in [6, 6.07) is 5.95. The topological polar surface area (TPSA) is 98.7 Å². The summed E-state index contributed by atoms with van der Waals surface area (Å²) in [6.45, 7) is -0.0543. The van der Waals surface area contributed by atoms with Gasteiger partial charge in [0.15, 0.2) is 11.5 Å². The monoisotopic (exact) mass is 286 g/mol. The van der Waals surface area contributed by atoms with Crippen LogP contribution in [0.2, 0.25) is 0 Å². The summed E-state index contributed by atoms with van der Waals surface area (Å²) in [5.41, 5.74) is 6.67. The molecule has 0 bridgehead atoms. The van der Waals surface area contributed by atoms with Crippen LogP contribution in [0.15, 0.2) is 36.9 Å². The molecule has 0 radical (unpaired) electrons. The highest BCUT2D eigenvalue weighted by molar-refractivity contribution is 5.92. The molecule has 0 saturated carbocycles. The Balaban J connectivity index is 1.81. The van der Waals surface area contributed by atoms with Gasteiger partial charge in [0.1, 0.15) is 24.2 Å². The average Bonchev–Trinajstić information content (AvgIpc) is 2.86. The lowest BCUT2D eigenvalue weighted by Gasteiger charge is -2.07. The molecule has 0 atom stereocenters. The number of hydrogen-bond acceptors (Lipinski definition) is 5. The molecule has 0 aliphatic heterocycles. The van der Waals surface area contributed by atoms with Crippen molar-refractivity contribution in [2.75, 3.05) is 11.1 Å². The van der Waals surface area contributed by atoms with Gasteiger partial charge in [-0.05, 0) is 12.1 Å². The Kier molecular flexibility index (Phi) is 3.19. The van der Waals surface area contributed by atoms with Crippen LogP contribution in [0, 0.1) is 5.82 Å². The number of hydrogen-bond donors (Lipinski definition) is 2. The highest BCUT2D eigenvalue weighted by Crippen LogP contribution is 2.15. The van der Waals surface area contributed by atoms with E-state index in [0.717, 1.165) is 0 Å². The molecule has 0 aliphatic rings. The molecule has 3 N–H and O–H groups in total. The highest BCUT2D eigenvalue weighted by atomic mass is 19.1. The molecular weight excluding hydrogens is 275 g/mol. The molecule has 106 valence electrons. The normalized spacial score (nSPS) is 10.7. The van der Waals surface area contributed by atoms with E-state index in [9.17, 15) is 9.18 Å². The van der Waals surface area contributed by atoms with E-state index in [2.05, 4.69) is 20.3 Å². The number of nitrogens with two attached hydrogens (primary N) is 1. The van der Waals surface area contributed by atoms with Crippen molar-refractivity contribution in [2.45, 2.75) is 6.54 Å². The third-order valence-electron chi connectivity index (χ3n) is 2.89. The third kappa shape index (κ3) is 2.50. The second-order valence-electron chi connectivity index (χ2n) is 4.33. The fourth-order valence-corrected chi connectivity index (χ4v) is 1.92. The number of aromatic nitrogens is 4. The van der Waals surface area contributed by atoms with Crippen molar-refractivity contribution in [1.82, 2.24) is 19.5 Å². The van der Waals surface area contributed by atoms with E-state index in [1.807, 2.05) is 0 Å². The maximum atomic E-state index is 13.5. The van der Waals surface area contributed by atoms with Crippen LogP contribution in [-0.2, 0) is 11.3 Å². The van der Waals surface area contributed by atoms with Gasteiger partial charge in [-0.1, -0.05) is 12.1 Å². The SMILES string of the molecule is Nc1ncnc2c1ncn2CC(=O)Nc1ccccc1F. The van der Waals surface area contributed by atoms with E-state index in [1.165, 1.54) is 29.4 Å². The number of nitrogens with zero attached hydrogens (tertiary/aromatic N) is 4. The molecule has 1 amide bonds. The summed E-state index contributed by atoms with van der Waals surface area (Å²) in [7, 11) is 0. The van der Waals surface area contributed by atoms with Crippen LogP contribution in [0.3, 0.4) is 0 Å². The van der Waals surface area contributed by atoms with Gasteiger partial charge in [-0.2, -0.15) is 0 Å². The molecule has 7 nitrogen and oxygen atoms in total. The molecule has 3 aromatic rings. The average molecular weight is 286 g/mol. The van der Waals surface area contributed by atoms with Crippen LogP contribution in [0.25, 0.3) is 11.2 Å². The maximum Gasteiger partial charge on any atom is 0.244 e. The second-order valence-corrected chi connectivity index (χ2v) is 4.33. The number of carbonyl (C=O) groups is 1. The number of imidazole rings is 1. The first-order chi connectivity index (χ1) is 10.1.